The van der Waals surface area contributed by atoms with E-state index in [9.17, 15) is 5.11 Å². The summed E-state index contributed by atoms with van der Waals surface area (Å²) in [5.74, 6) is 0.0873. The third-order valence-electron chi connectivity index (χ3n) is 5.44. The highest BCUT2D eigenvalue weighted by Gasteiger charge is 2.41. The summed E-state index contributed by atoms with van der Waals surface area (Å²) in [6.45, 7) is 11.3. The summed E-state index contributed by atoms with van der Waals surface area (Å²) in [5, 5.41) is 17.1. The first-order valence-electron chi connectivity index (χ1n) is 9.25. The van der Waals surface area contributed by atoms with Gasteiger partial charge in [0.25, 0.3) is 0 Å². The fourth-order valence-electron chi connectivity index (χ4n) is 3.70. The summed E-state index contributed by atoms with van der Waals surface area (Å²) < 4.78 is 5.88. The number of aliphatic hydroxyl groups excluding tert-OH is 1. The van der Waals surface area contributed by atoms with E-state index in [4.69, 9.17) is 4.74 Å². The van der Waals surface area contributed by atoms with Crippen LogP contribution in [0.5, 0.6) is 0 Å². The Morgan fingerprint density at radius 3 is 2.61 bits per heavy atom. The van der Waals surface area contributed by atoms with Crippen molar-refractivity contribution in [3.63, 3.8) is 0 Å². The minimum absolute atomic E-state index is 0.0873. The molecule has 0 spiro atoms. The normalized spacial score (nSPS) is 21.8. The number of methoxy groups -OCH3 is 1. The van der Waals surface area contributed by atoms with Crippen LogP contribution in [0.25, 0.3) is 0 Å². The summed E-state index contributed by atoms with van der Waals surface area (Å²) in [4.78, 5) is 0. The maximum atomic E-state index is 10.4. The maximum Gasteiger partial charge on any atom is 0.0971 e. The second-order valence-electron chi connectivity index (χ2n) is 6.59. The second kappa shape index (κ2) is 10.1. The summed E-state index contributed by atoms with van der Waals surface area (Å²) >= 11 is 0. The van der Waals surface area contributed by atoms with Gasteiger partial charge in [0.1, 0.15) is 0 Å². The molecule has 4 heteroatoms. The van der Waals surface area contributed by atoms with E-state index in [1.54, 1.807) is 13.3 Å². The summed E-state index contributed by atoms with van der Waals surface area (Å²) in [7, 11) is 1.81. The number of rotatable bonds is 11. The molecule has 23 heavy (non-hydrogen) atoms. The largest absolute Gasteiger partial charge is 0.387 e. The SMILES string of the molecule is C=C[C@H](CCCC)[C@@H](O)/C=N/N1CCC[C@H]1C(CC)(CC)OC. The highest BCUT2D eigenvalue weighted by atomic mass is 16.5. The van der Waals surface area contributed by atoms with Crippen molar-refractivity contribution in [2.75, 3.05) is 13.7 Å². The molecule has 0 saturated carbocycles. The lowest BCUT2D eigenvalue weighted by Crippen LogP contribution is -2.48. The molecule has 3 atom stereocenters. The zero-order valence-electron chi connectivity index (χ0n) is 15.5. The number of aliphatic hydroxyl groups is 1. The Labute approximate surface area is 142 Å². The van der Waals surface area contributed by atoms with Crippen molar-refractivity contribution in [1.82, 2.24) is 5.01 Å². The third-order valence-corrected chi connectivity index (χ3v) is 5.44. The fourth-order valence-corrected chi connectivity index (χ4v) is 3.70. The zero-order chi connectivity index (χ0) is 17.3. The Bertz CT molecular complexity index is 358. The van der Waals surface area contributed by atoms with E-state index in [2.05, 4.69) is 37.5 Å². The van der Waals surface area contributed by atoms with Crippen LogP contribution >= 0.6 is 0 Å². The van der Waals surface area contributed by atoms with Crippen LogP contribution in [0.2, 0.25) is 0 Å². The van der Waals surface area contributed by atoms with Gasteiger partial charge in [-0.2, -0.15) is 5.10 Å². The molecule has 0 radical (unpaired) electrons. The molecule has 0 aromatic rings. The quantitative estimate of drug-likeness (QED) is 0.461. The first-order chi connectivity index (χ1) is 11.1. The van der Waals surface area contributed by atoms with Gasteiger partial charge in [0.05, 0.1) is 24.0 Å². The minimum Gasteiger partial charge on any atom is -0.387 e. The van der Waals surface area contributed by atoms with Crippen LogP contribution in [0.1, 0.15) is 65.7 Å². The molecule has 0 amide bonds. The summed E-state index contributed by atoms with van der Waals surface area (Å²) in [6.07, 6.45) is 10.4. The number of nitrogens with zero attached hydrogens (tertiary/aromatic N) is 2. The van der Waals surface area contributed by atoms with Crippen LogP contribution in [0.4, 0.5) is 0 Å². The van der Waals surface area contributed by atoms with E-state index < -0.39 is 6.10 Å². The van der Waals surface area contributed by atoms with Crippen LogP contribution in [-0.4, -0.2) is 47.7 Å². The van der Waals surface area contributed by atoms with Crippen LogP contribution < -0.4 is 0 Å². The van der Waals surface area contributed by atoms with Crippen molar-refractivity contribution in [1.29, 1.82) is 0 Å². The molecule has 0 aliphatic carbocycles. The molecule has 1 N–H and O–H groups in total. The van der Waals surface area contributed by atoms with E-state index in [0.29, 0.717) is 6.04 Å². The predicted octanol–water partition coefficient (Wildman–Crippen LogP) is 4.00. The third kappa shape index (κ3) is 5.05. The average molecular weight is 325 g/mol. The molecule has 0 bridgehead atoms. The number of hydrogen-bond acceptors (Lipinski definition) is 4. The monoisotopic (exact) mass is 324 g/mol. The highest BCUT2D eigenvalue weighted by molar-refractivity contribution is 5.63. The van der Waals surface area contributed by atoms with Gasteiger partial charge in [0.15, 0.2) is 0 Å². The van der Waals surface area contributed by atoms with E-state index >= 15 is 0 Å². The van der Waals surface area contributed by atoms with Crippen molar-refractivity contribution in [2.24, 2.45) is 11.0 Å². The molecule has 1 fully saturated rings. The highest BCUT2D eigenvalue weighted by Crippen LogP contribution is 2.34. The molecule has 0 aromatic heterocycles. The van der Waals surface area contributed by atoms with E-state index in [1.165, 1.54) is 0 Å². The molecule has 1 aliphatic rings. The molecular formula is C19H36N2O2. The molecule has 1 aliphatic heterocycles. The van der Waals surface area contributed by atoms with E-state index in [0.717, 1.165) is 51.5 Å². The van der Waals surface area contributed by atoms with Crippen LogP contribution in [0, 0.1) is 5.92 Å². The van der Waals surface area contributed by atoms with Crippen LogP contribution in [0.15, 0.2) is 17.8 Å². The van der Waals surface area contributed by atoms with Gasteiger partial charge in [-0.25, -0.2) is 0 Å². The molecule has 134 valence electrons. The zero-order valence-corrected chi connectivity index (χ0v) is 15.5. The summed E-state index contributed by atoms with van der Waals surface area (Å²) in [5.41, 5.74) is -0.140. The molecule has 1 saturated heterocycles. The van der Waals surface area contributed by atoms with Gasteiger partial charge < -0.3 is 9.84 Å². The van der Waals surface area contributed by atoms with Crippen molar-refractivity contribution in [3.8, 4) is 0 Å². The second-order valence-corrected chi connectivity index (χ2v) is 6.59. The minimum atomic E-state index is -0.555. The Balaban J connectivity index is 2.75. The number of ether oxygens (including phenoxy) is 1. The molecule has 1 rings (SSSR count). The van der Waals surface area contributed by atoms with Crippen molar-refractivity contribution < 1.29 is 9.84 Å². The van der Waals surface area contributed by atoms with Crippen molar-refractivity contribution in [3.05, 3.63) is 12.7 Å². The number of unbranched alkanes of at least 4 members (excludes halogenated alkanes) is 1. The molecular weight excluding hydrogens is 288 g/mol. The van der Waals surface area contributed by atoms with Gasteiger partial charge in [-0.3, -0.25) is 5.01 Å². The first kappa shape index (κ1) is 20.2. The van der Waals surface area contributed by atoms with Crippen LogP contribution in [-0.2, 0) is 4.74 Å². The standard InChI is InChI=1S/C19H36N2O2/c1-6-10-12-16(7-2)17(22)15-20-21-14-11-13-18(21)19(8-3,9-4)23-5/h7,15-18,22H,2,6,8-14H2,1,3-5H3/b20-15+/t16-,17+,18+/m1/s1. The Kier molecular flexibility index (Phi) is 8.85. The van der Waals surface area contributed by atoms with Gasteiger partial charge >= 0.3 is 0 Å². The topological polar surface area (TPSA) is 45.1 Å². The smallest absolute Gasteiger partial charge is 0.0971 e. The van der Waals surface area contributed by atoms with Gasteiger partial charge in [-0.1, -0.05) is 39.7 Å². The number of hydrazone groups is 1. The average Bonchev–Trinajstić information content (AvgIpc) is 3.05. The lowest BCUT2D eigenvalue weighted by molar-refractivity contribution is -0.0732. The van der Waals surface area contributed by atoms with Gasteiger partial charge in [-0.15, -0.1) is 6.58 Å². The molecule has 0 aromatic carbocycles. The summed E-state index contributed by atoms with van der Waals surface area (Å²) in [6, 6.07) is 0.295. The van der Waals surface area contributed by atoms with Crippen LogP contribution in [0.3, 0.4) is 0 Å². The Hall–Kier alpha value is -0.870. The van der Waals surface area contributed by atoms with E-state index in [-0.39, 0.29) is 11.5 Å². The number of hydrogen-bond donors (Lipinski definition) is 1. The Morgan fingerprint density at radius 1 is 1.39 bits per heavy atom. The first-order valence-corrected chi connectivity index (χ1v) is 9.25. The molecule has 4 nitrogen and oxygen atoms in total. The lowest BCUT2D eigenvalue weighted by atomic mass is 9.87. The predicted molar refractivity (Wildman–Crippen MR) is 97.8 cm³/mol. The van der Waals surface area contributed by atoms with Gasteiger partial charge in [-0.05, 0) is 32.1 Å². The van der Waals surface area contributed by atoms with Crippen molar-refractivity contribution in [2.45, 2.75) is 83.5 Å². The van der Waals surface area contributed by atoms with Crippen molar-refractivity contribution >= 4 is 6.21 Å². The molecule has 1 heterocycles. The van der Waals surface area contributed by atoms with E-state index in [1.807, 2.05) is 6.08 Å². The lowest BCUT2D eigenvalue weighted by Gasteiger charge is -2.40. The van der Waals surface area contributed by atoms with Gasteiger partial charge in [0.2, 0.25) is 0 Å². The maximum absolute atomic E-state index is 10.4. The fraction of sp³-hybridized carbons (Fsp3) is 0.842. The molecule has 0 unspecified atom stereocenters. The Morgan fingerprint density at radius 2 is 2.09 bits per heavy atom. The van der Waals surface area contributed by atoms with Gasteiger partial charge in [0, 0.05) is 19.6 Å².